The molecule has 0 bridgehead atoms. The highest BCUT2D eigenvalue weighted by Crippen LogP contribution is 2.34. The number of halogens is 1. The van der Waals surface area contributed by atoms with Crippen molar-refractivity contribution in [2.45, 2.75) is 26.3 Å². The van der Waals surface area contributed by atoms with E-state index in [1.165, 1.54) is 0 Å². The Morgan fingerprint density at radius 3 is 2.40 bits per heavy atom. The summed E-state index contributed by atoms with van der Waals surface area (Å²) in [6.07, 6.45) is 0.522. The first-order chi connectivity index (χ1) is 9.33. The zero-order chi connectivity index (χ0) is 14.9. The van der Waals surface area contributed by atoms with E-state index in [1.807, 2.05) is 44.2 Å². The Bertz CT molecular complexity index is 652. The number of nitrogens with two attached hydrogens (primary N) is 2. The Balaban J connectivity index is 2.43. The normalized spacial score (nSPS) is 13.4. The van der Waals surface area contributed by atoms with E-state index in [9.17, 15) is 4.79 Å². The Morgan fingerprint density at radius 1 is 1.20 bits per heavy atom. The van der Waals surface area contributed by atoms with Crippen LogP contribution in [-0.2, 0) is 4.79 Å². The van der Waals surface area contributed by atoms with Crippen molar-refractivity contribution >= 4 is 32.6 Å². The van der Waals surface area contributed by atoms with Crippen LogP contribution in [0.25, 0.3) is 10.8 Å². The Labute approximate surface area is 127 Å². The predicted molar refractivity (Wildman–Crippen MR) is 86.2 cm³/mol. The molecular weight excluding hydrogens is 316 g/mol. The van der Waals surface area contributed by atoms with Crippen LogP contribution in [0.15, 0.2) is 40.9 Å². The van der Waals surface area contributed by atoms with E-state index in [1.54, 1.807) is 0 Å². The van der Waals surface area contributed by atoms with Crippen LogP contribution in [0.4, 0.5) is 0 Å². The lowest BCUT2D eigenvalue weighted by atomic mass is 9.82. The van der Waals surface area contributed by atoms with Gasteiger partial charge in [0.25, 0.3) is 0 Å². The van der Waals surface area contributed by atoms with E-state index in [2.05, 4.69) is 22.0 Å². The zero-order valence-electron chi connectivity index (χ0n) is 11.7. The Hall–Kier alpha value is -1.39. The molecule has 3 nitrogen and oxygen atoms in total. The van der Waals surface area contributed by atoms with Crippen molar-refractivity contribution in [2.75, 3.05) is 0 Å². The second-order valence-electron chi connectivity index (χ2n) is 5.74. The van der Waals surface area contributed by atoms with Crippen molar-refractivity contribution in [1.82, 2.24) is 0 Å². The topological polar surface area (TPSA) is 69.1 Å². The van der Waals surface area contributed by atoms with Gasteiger partial charge in [0.15, 0.2) is 0 Å². The number of benzene rings is 2. The average molecular weight is 335 g/mol. The van der Waals surface area contributed by atoms with Crippen molar-refractivity contribution in [3.05, 3.63) is 46.4 Å². The molecule has 4 heteroatoms. The third-order valence-corrected chi connectivity index (χ3v) is 4.39. The lowest BCUT2D eigenvalue weighted by Crippen LogP contribution is -2.34. The smallest absolute Gasteiger partial charge is 0.223 e. The molecule has 2 aromatic carbocycles. The molecule has 1 amide bonds. The molecule has 1 unspecified atom stereocenters. The summed E-state index contributed by atoms with van der Waals surface area (Å²) < 4.78 is 1.04. The molecule has 0 aliphatic heterocycles. The van der Waals surface area contributed by atoms with E-state index in [4.69, 9.17) is 11.5 Å². The molecule has 0 spiro atoms. The minimum Gasteiger partial charge on any atom is -0.369 e. The number of hydrogen-bond acceptors (Lipinski definition) is 2. The highest BCUT2D eigenvalue weighted by molar-refractivity contribution is 9.10. The maximum atomic E-state index is 11.5. The second-order valence-corrected chi connectivity index (χ2v) is 6.60. The maximum Gasteiger partial charge on any atom is 0.223 e. The molecule has 0 fully saturated rings. The Kier molecular flexibility index (Phi) is 4.16. The molecule has 1 atom stereocenters. The van der Waals surface area contributed by atoms with Crippen LogP contribution in [-0.4, -0.2) is 5.91 Å². The summed E-state index contributed by atoms with van der Waals surface area (Å²) in [6.45, 7) is 3.66. The fourth-order valence-electron chi connectivity index (χ4n) is 2.37. The van der Waals surface area contributed by atoms with Crippen molar-refractivity contribution in [3.63, 3.8) is 0 Å². The van der Waals surface area contributed by atoms with E-state index in [0.29, 0.717) is 6.42 Å². The van der Waals surface area contributed by atoms with Crippen molar-refractivity contribution in [1.29, 1.82) is 0 Å². The summed E-state index contributed by atoms with van der Waals surface area (Å²) in [5, 5.41) is 2.23. The van der Waals surface area contributed by atoms with Crippen molar-refractivity contribution < 1.29 is 4.79 Å². The number of hydrogen-bond donors (Lipinski definition) is 2. The van der Waals surface area contributed by atoms with Gasteiger partial charge in [-0.25, -0.2) is 0 Å². The van der Waals surface area contributed by atoms with E-state index in [-0.39, 0.29) is 11.9 Å². The van der Waals surface area contributed by atoms with Crippen LogP contribution >= 0.6 is 15.9 Å². The fourth-order valence-corrected chi connectivity index (χ4v) is 2.85. The highest BCUT2D eigenvalue weighted by Gasteiger charge is 2.28. The molecule has 0 heterocycles. The van der Waals surface area contributed by atoms with Crippen molar-refractivity contribution in [2.24, 2.45) is 16.9 Å². The van der Waals surface area contributed by atoms with Gasteiger partial charge in [0, 0.05) is 15.9 Å². The first-order valence-electron chi connectivity index (χ1n) is 6.55. The maximum absolute atomic E-state index is 11.5. The SMILES string of the molecule is CC(C)(CC(N)c1ccc(Br)c2ccccc12)C(N)=O. The van der Waals surface area contributed by atoms with Gasteiger partial charge < -0.3 is 11.5 Å². The van der Waals surface area contributed by atoms with Gasteiger partial charge in [0.1, 0.15) is 0 Å². The largest absolute Gasteiger partial charge is 0.369 e. The monoisotopic (exact) mass is 334 g/mol. The number of primary amides is 1. The van der Waals surface area contributed by atoms with Gasteiger partial charge in [-0.05, 0) is 28.8 Å². The van der Waals surface area contributed by atoms with Gasteiger partial charge >= 0.3 is 0 Å². The van der Waals surface area contributed by atoms with Crippen LogP contribution in [0, 0.1) is 5.41 Å². The molecule has 0 aliphatic carbocycles. The van der Waals surface area contributed by atoms with Gasteiger partial charge in [0.2, 0.25) is 5.91 Å². The lowest BCUT2D eigenvalue weighted by Gasteiger charge is -2.25. The quantitative estimate of drug-likeness (QED) is 0.898. The van der Waals surface area contributed by atoms with Crippen molar-refractivity contribution in [3.8, 4) is 0 Å². The Morgan fingerprint density at radius 2 is 1.80 bits per heavy atom. The third kappa shape index (κ3) is 2.86. The standard InChI is InChI=1S/C16H19BrN2O/c1-16(2,15(19)20)9-14(18)12-7-8-13(17)11-6-4-3-5-10(11)12/h3-8,14H,9,18H2,1-2H3,(H2,19,20). The van der Waals surface area contributed by atoms with Gasteiger partial charge in [-0.3, -0.25) is 4.79 Å². The molecule has 4 N–H and O–H groups in total. The molecule has 2 aromatic rings. The van der Waals surface area contributed by atoms with Crippen LogP contribution in [0.1, 0.15) is 31.9 Å². The van der Waals surface area contributed by atoms with Gasteiger partial charge in [-0.2, -0.15) is 0 Å². The summed E-state index contributed by atoms with van der Waals surface area (Å²) in [5.74, 6) is -0.325. The van der Waals surface area contributed by atoms with E-state index in [0.717, 1.165) is 20.8 Å². The van der Waals surface area contributed by atoms with Gasteiger partial charge in [-0.15, -0.1) is 0 Å². The second kappa shape index (κ2) is 5.54. The zero-order valence-corrected chi connectivity index (χ0v) is 13.3. The molecule has 2 rings (SSSR count). The number of amides is 1. The van der Waals surface area contributed by atoms with E-state index < -0.39 is 5.41 Å². The fraction of sp³-hybridized carbons (Fsp3) is 0.312. The molecule has 0 saturated heterocycles. The van der Waals surface area contributed by atoms with Gasteiger partial charge in [-0.1, -0.05) is 60.1 Å². The lowest BCUT2D eigenvalue weighted by molar-refractivity contribution is -0.126. The highest BCUT2D eigenvalue weighted by atomic mass is 79.9. The predicted octanol–water partition coefficient (Wildman–Crippen LogP) is 3.50. The summed E-state index contributed by atoms with van der Waals surface area (Å²) in [4.78, 5) is 11.5. The van der Waals surface area contributed by atoms with E-state index >= 15 is 0 Å². The third-order valence-electron chi connectivity index (χ3n) is 3.70. The molecule has 20 heavy (non-hydrogen) atoms. The van der Waals surface area contributed by atoms with Crippen LogP contribution < -0.4 is 11.5 Å². The minimum absolute atomic E-state index is 0.226. The molecule has 106 valence electrons. The summed E-state index contributed by atoms with van der Waals surface area (Å²) in [5.41, 5.74) is 12.2. The molecule has 0 saturated carbocycles. The van der Waals surface area contributed by atoms with Crippen LogP contribution in [0.5, 0.6) is 0 Å². The summed E-state index contributed by atoms with van der Waals surface area (Å²) >= 11 is 3.55. The first-order valence-corrected chi connectivity index (χ1v) is 7.35. The summed E-state index contributed by atoms with van der Waals surface area (Å²) in [6, 6.07) is 11.9. The molecule has 0 aliphatic rings. The first kappa shape index (κ1) is 15.0. The molecule has 0 radical (unpaired) electrons. The van der Waals surface area contributed by atoms with Crippen LogP contribution in [0.3, 0.4) is 0 Å². The van der Waals surface area contributed by atoms with Gasteiger partial charge in [0.05, 0.1) is 0 Å². The number of carbonyl (C=O) groups excluding carboxylic acids is 1. The number of fused-ring (bicyclic) bond motifs is 1. The minimum atomic E-state index is -0.617. The summed E-state index contributed by atoms with van der Waals surface area (Å²) in [7, 11) is 0. The van der Waals surface area contributed by atoms with Crippen LogP contribution in [0.2, 0.25) is 0 Å². The number of rotatable bonds is 4. The molecular formula is C16H19BrN2O. The number of carbonyl (C=O) groups is 1. The average Bonchev–Trinajstić information content (AvgIpc) is 2.38. The molecule has 0 aromatic heterocycles.